The number of nitrogens with one attached hydrogen (secondary N) is 1. The molecule has 1 aromatic heterocycles. The van der Waals surface area contributed by atoms with E-state index in [2.05, 4.69) is 9.71 Å². The van der Waals surface area contributed by atoms with Gasteiger partial charge >= 0.3 is 0 Å². The average Bonchev–Trinajstić information content (AvgIpc) is 3.07. The molecule has 1 aliphatic heterocycles. The summed E-state index contributed by atoms with van der Waals surface area (Å²) < 4.78 is 43.5. The standard InChI is InChI=1S/C16H14N2O5S/c19-24(20,12-2-4-14-16(8-12)22-6-5-21-14)18-9-11-1-3-13-15(7-11)23-10-17-13/h1-4,7-8,10,18H,5-6,9H2. The first-order valence-electron chi connectivity index (χ1n) is 7.33. The highest BCUT2D eigenvalue weighted by atomic mass is 32.2. The Morgan fingerprint density at radius 3 is 2.75 bits per heavy atom. The lowest BCUT2D eigenvalue weighted by Crippen LogP contribution is -2.23. The molecule has 0 unspecified atom stereocenters. The molecule has 0 fully saturated rings. The molecule has 0 atom stereocenters. The number of hydrogen-bond donors (Lipinski definition) is 1. The third-order valence-electron chi connectivity index (χ3n) is 3.69. The van der Waals surface area contributed by atoms with E-state index in [0.29, 0.717) is 30.3 Å². The van der Waals surface area contributed by atoms with Crippen LogP contribution in [0, 0.1) is 0 Å². The Morgan fingerprint density at radius 1 is 1.04 bits per heavy atom. The van der Waals surface area contributed by atoms with Crippen molar-refractivity contribution in [1.29, 1.82) is 0 Å². The van der Waals surface area contributed by atoms with Crippen LogP contribution in [0.4, 0.5) is 0 Å². The van der Waals surface area contributed by atoms with Crippen LogP contribution < -0.4 is 14.2 Å². The first-order chi connectivity index (χ1) is 11.6. The second kappa shape index (κ2) is 5.81. The fraction of sp³-hybridized carbons (Fsp3) is 0.188. The van der Waals surface area contributed by atoms with Gasteiger partial charge in [-0.2, -0.15) is 0 Å². The van der Waals surface area contributed by atoms with Crippen molar-refractivity contribution in [3.05, 3.63) is 48.4 Å². The second-order valence-corrected chi connectivity index (χ2v) is 7.05. The Morgan fingerprint density at radius 2 is 1.88 bits per heavy atom. The zero-order chi connectivity index (χ0) is 16.6. The Kier molecular flexibility index (Phi) is 3.62. The smallest absolute Gasteiger partial charge is 0.241 e. The predicted octanol–water partition coefficient (Wildman–Crippen LogP) is 2.08. The number of sulfonamides is 1. The Balaban J connectivity index is 1.54. The molecule has 3 aromatic rings. The fourth-order valence-electron chi connectivity index (χ4n) is 2.46. The molecule has 7 nitrogen and oxygen atoms in total. The Hall–Kier alpha value is -2.58. The summed E-state index contributed by atoms with van der Waals surface area (Å²) in [6.07, 6.45) is 1.35. The van der Waals surface area contributed by atoms with Gasteiger partial charge < -0.3 is 13.9 Å². The minimum absolute atomic E-state index is 0.132. The second-order valence-electron chi connectivity index (χ2n) is 5.28. The van der Waals surface area contributed by atoms with Crippen LogP contribution in [0.3, 0.4) is 0 Å². The molecule has 124 valence electrons. The van der Waals surface area contributed by atoms with E-state index in [9.17, 15) is 8.42 Å². The summed E-state index contributed by atoms with van der Waals surface area (Å²) in [5.41, 5.74) is 2.12. The van der Waals surface area contributed by atoms with Crippen LogP contribution in [0.1, 0.15) is 5.56 Å². The number of fused-ring (bicyclic) bond motifs is 2. The van der Waals surface area contributed by atoms with Crippen molar-refractivity contribution in [3.63, 3.8) is 0 Å². The molecule has 0 radical (unpaired) electrons. The Labute approximate surface area is 138 Å². The van der Waals surface area contributed by atoms with Crippen molar-refractivity contribution in [2.45, 2.75) is 11.4 Å². The molecule has 8 heteroatoms. The number of ether oxygens (including phenoxy) is 2. The summed E-state index contributed by atoms with van der Waals surface area (Å²) in [4.78, 5) is 4.16. The number of hydrogen-bond acceptors (Lipinski definition) is 6. The largest absolute Gasteiger partial charge is 0.486 e. The van der Waals surface area contributed by atoms with E-state index in [1.54, 1.807) is 24.3 Å². The Bertz CT molecular complexity index is 997. The lowest BCUT2D eigenvalue weighted by Gasteiger charge is -2.18. The maximum atomic E-state index is 12.5. The summed E-state index contributed by atoms with van der Waals surface area (Å²) in [5, 5.41) is 0. The van der Waals surface area contributed by atoms with E-state index in [-0.39, 0.29) is 11.4 Å². The van der Waals surface area contributed by atoms with Crippen LogP contribution >= 0.6 is 0 Å². The van der Waals surface area contributed by atoms with E-state index >= 15 is 0 Å². The number of oxazole rings is 1. The monoisotopic (exact) mass is 346 g/mol. The first-order valence-corrected chi connectivity index (χ1v) is 8.82. The predicted molar refractivity (Wildman–Crippen MR) is 85.5 cm³/mol. The van der Waals surface area contributed by atoms with Gasteiger partial charge in [-0.05, 0) is 29.8 Å². The molecule has 24 heavy (non-hydrogen) atoms. The molecule has 0 saturated carbocycles. The lowest BCUT2D eigenvalue weighted by atomic mass is 10.2. The molecular weight excluding hydrogens is 332 g/mol. The number of benzene rings is 2. The van der Waals surface area contributed by atoms with Gasteiger partial charge in [-0.1, -0.05) is 6.07 Å². The van der Waals surface area contributed by atoms with E-state index in [1.807, 2.05) is 0 Å². The highest BCUT2D eigenvalue weighted by Crippen LogP contribution is 2.32. The van der Waals surface area contributed by atoms with E-state index < -0.39 is 10.0 Å². The van der Waals surface area contributed by atoms with Gasteiger partial charge in [0.05, 0.1) is 4.90 Å². The SMILES string of the molecule is O=S(=O)(NCc1ccc2ncoc2c1)c1ccc2c(c1)OCCO2. The topological polar surface area (TPSA) is 90.7 Å². The molecule has 1 N–H and O–H groups in total. The summed E-state index contributed by atoms with van der Waals surface area (Å²) in [5.74, 6) is 0.989. The minimum atomic E-state index is -3.66. The molecule has 2 aromatic carbocycles. The fourth-order valence-corrected chi connectivity index (χ4v) is 3.49. The van der Waals surface area contributed by atoms with E-state index in [4.69, 9.17) is 13.9 Å². The third-order valence-corrected chi connectivity index (χ3v) is 5.08. The molecule has 0 saturated heterocycles. The maximum absolute atomic E-state index is 12.5. The third kappa shape index (κ3) is 2.81. The van der Waals surface area contributed by atoms with Crippen molar-refractivity contribution in [3.8, 4) is 11.5 Å². The lowest BCUT2D eigenvalue weighted by molar-refractivity contribution is 0.171. The van der Waals surface area contributed by atoms with E-state index in [0.717, 1.165) is 11.1 Å². The van der Waals surface area contributed by atoms with Crippen LogP contribution in [-0.4, -0.2) is 26.6 Å². The molecule has 4 rings (SSSR count). The van der Waals surface area contributed by atoms with Gasteiger partial charge in [0.15, 0.2) is 23.5 Å². The zero-order valence-corrected chi connectivity index (χ0v) is 13.4. The van der Waals surface area contributed by atoms with Gasteiger partial charge in [-0.3, -0.25) is 0 Å². The van der Waals surface area contributed by atoms with Crippen LogP contribution in [0.15, 0.2) is 52.1 Å². The maximum Gasteiger partial charge on any atom is 0.241 e. The summed E-state index contributed by atoms with van der Waals surface area (Å²) in [7, 11) is -3.66. The molecule has 0 amide bonds. The number of rotatable bonds is 4. The van der Waals surface area contributed by atoms with E-state index in [1.165, 1.54) is 18.5 Å². The van der Waals surface area contributed by atoms with Gasteiger partial charge in [0, 0.05) is 12.6 Å². The van der Waals surface area contributed by atoms with Crippen LogP contribution in [0.5, 0.6) is 11.5 Å². The van der Waals surface area contributed by atoms with Crippen LogP contribution in [0.2, 0.25) is 0 Å². The van der Waals surface area contributed by atoms with Gasteiger partial charge in [-0.25, -0.2) is 18.1 Å². The molecular formula is C16H14N2O5S. The molecule has 2 heterocycles. The number of nitrogens with zero attached hydrogens (tertiary/aromatic N) is 1. The van der Waals surface area contributed by atoms with Crippen molar-refractivity contribution in [2.24, 2.45) is 0 Å². The normalized spacial score (nSPS) is 14.0. The van der Waals surface area contributed by atoms with Gasteiger partial charge in [-0.15, -0.1) is 0 Å². The molecule has 0 aliphatic carbocycles. The van der Waals surface area contributed by atoms with Gasteiger partial charge in [0.2, 0.25) is 10.0 Å². The molecule has 0 bridgehead atoms. The van der Waals surface area contributed by atoms with Gasteiger partial charge in [0.1, 0.15) is 18.7 Å². The quantitative estimate of drug-likeness (QED) is 0.778. The van der Waals surface area contributed by atoms with Crippen molar-refractivity contribution < 1.29 is 22.3 Å². The highest BCUT2D eigenvalue weighted by molar-refractivity contribution is 7.89. The summed E-state index contributed by atoms with van der Waals surface area (Å²) in [6.45, 7) is 1.01. The van der Waals surface area contributed by atoms with Crippen LogP contribution in [-0.2, 0) is 16.6 Å². The first kappa shape index (κ1) is 15.0. The van der Waals surface area contributed by atoms with Gasteiger partial charge in [0.25, 0.3) is 0 Å². The molecule has 0 spiro atoms. The average molecular weight is 346 g/mol. The minimum Gasteiger partial charge on any atom is -0.486 e. The van der Waals surface area contributed by atoms with Crippen molar-refractivity contribution in [2.75, 3.05) is 13.2 Å². The summed E-state index contributed by atoms with van der Waals surface area (Å²) in [6, 6.07) is 9.91. The highest BCUT2D eigenvalue weighted by Gasteiger charge is 2.19. The van der Waals surface area contributed by atoms with Crippen LogP contribution in [0.25, 0.3) is 11.1 Å². The van der Waals surface area contributed by atoms with Crippen molar-refractivity contribution in [1.82, 2.24) is 9.71 Å². The molecule has 1 aliphatic rings. The van der Waals surface area contributed by atoms with Crippen molar-refractivity contribution >= 4 is 21.1 Å². The zero-order valence-electron chi connectivity index (χ0n) is 12.6. The summed E-state index contributed by atoms with van der Waals surface area (Å²) >= 11 is 0. The number of aromatic nitrogens is 1.